The molecule has 2 aliphatic heterocycles. The average molecular weight is 412 g/mol. The van der Waals surface area contributed by atoms with Gasteiger partial charge in [0.15, 0.2) is 0 Å². The number of nitrogens with one attached hydrogen (secondary N) is 3. The van der Waals surface area contributed by atoms with E-state index in [1.54, 1.807) is 12.1 Å². The van der Waals surface area contributed by atoms with Crippen LogP contribution >= 0.6 is 0 Å². The van der Waals surface area contributed by atoms with Crippen molar-refractivity contribution >= 4 is 23.4 Å². The molecule has 1 unspecified atom stereocenters. The zero-order chi connectivity index (χ0) is 21.8. The van der Waals surface area contributed by atoms with Gasteiger partial charge in [-0.3, -0.25) is 5.01 Å². The van der Waals surface area contributed by atoms with Gasteiger partial charge < -0.3 is 38.0 Å². The van der Waals surface area contributed by atoms with Gasteiger partial charge >= 0.3 is 0 Å². The van der Waals surface area contributed by atoms with Crippen LogP contribution in [0.25, 0.3) is 0 Å². The molecule has 0 bridgehead atoms. The van der Waals surface area contributed by atoms with Crippen molar-refractivity contribution in [2.75, 3.05) is 24.0 Å². The third-order valence-corrected chi connectivity index (χ3v) is 4.75. The van der Waals surface area contributed by atoms with E-state index in [-0.39, 0.29) is 12.8 Å². The number of nitrogens with two attached hydrogens (primary N) is 4. The summed E-state index contributed by atoms with van der Waals surface area (Å²) in [6.45, 7) is 4.67. The van der Waals surface area contributed by atoms with Crippen LogP contribution in [0.3, 0.4) is 0 Å². The number of amidine groups is 1. The SMILES string of the molecule is CC(C)Oc1cc(N)c(C=N)cc1N(N)C1=C(C(N)C2=CC=CNC2)C(N)=NCN1. The lowest BCUT2D eigenvalue weighted by Gasteiger charge is -2.32. The largest absolute Gasteiger partial charge is 0.489 e. The predicted molar refractivity (Wildman–Crippen MR) is 121 cm³/mol. The Morgan fingerprint density at radius 3 is 2.70 bits per heavy atom. The number of hydrogen-bond acceptors (Lipinski definition) is 10. The Morgan fingerprint density at radius 1 is 1.30 bits per heavy atom. The molecule has 1 aromatic rings. The van der Waals surface area contributed by atoms with Gasteiger partial charge in [-0.1, -0.05) is 6.08 Å². The summed E-state index contributed by atoms with van der Waals surface area (Å²) in [6, 6.07) is 2.84. The molecule has 0 radical (unpaired) electrons. The molecule has 0 aromatic heterocycles. The summed E-state index contributed by atoms with van der Waals surface area (Å²) in [5.41, 5.74) is 21.8. The highest BCUT2D eigenvalue weighted by Gasteiger charge is 2.28. The standard InChI is InChI=1S/C20H29N9O/c1-11(2)30-16-7-14(22)13(8-21)6-15(16)29(25)20-17(19(24)27-10-28-20)18(23)12-4-3-5-26-9-12/h3-8,11,18,21,26,28H,9-10,22-23,25H2,1-2H3,(H2,24,27). The van der Waals surface area contributed by atoms with Gasteiger partial charge in [-0.05, 0) is 37.8 Å². The van der Waals surface area contributed by atoms with Gasteiger partial charge in [-0.15, -0.1) is 0 Å². The lowest BCUT2D eigenvalue weighted by Crippen LogP contribution is -2.48. The number of dihydropyridines is 1. The number of aliphatic imine (C=N–C) groups is 1. The Balaban J connectivity index is 2.11. The summed E-state index contributed by atoms with van der Waals surface area (Å²) >= 11 is 0. The highest BCUT2D eigenvalue weighted by Crippen LogP contribution is 2.34. The Labute approximate surface area is 175 Å². The van der Waals surface area contributed by atoms with E-state index in [1.807, 2.05) is 32.2 Å². The number of nitrogens with zero attached hydrogens (tertiary/aromatic N) is 2. The Kier molecular flexibility index (Phi) is 6.28. The number of rotatable bonds is 7. The van der Waals surface area contributed by atoms with Gasteiger partial charge in [0.05, 0.1) is 17.7 Å². The zero-order valence-corrected chi connectivity index (χ0v) is 17.1. The molecule has 1 atom stereocenters. The molecule has 0 aliphatic carbocycles. The van der Waals surface area contributed by atoms with Crippen molar-refractivity contribution < 1.29 is 4.74 Å². The highest BCUT2D eigenvalue weighted by atomic mass is 16.5. The molecule has 0 amide bonds. The van der Waals surface area contributed by atoms with Crippen LogP contribution in [0.1, 0.15) is 19.4 Å². The third-order valence-electron chi connectivity index (χ3n) is 4.75. The van der Waals surface area contributed by atoms with E-state index in [4.69, 9.17) is 33.2 Å². The first-order valence-electron chi connectivity index (χ1n) is 9.61. The Bertz CT molecular complexity index is 946. The van der Waals surface area contributed by atoms with Crippen molar-refractivity contribution in [1.82, 2.24) is 10.6 Å². The van der Waals surface area contributed by atoms with Crippen molar-refractivity contribution in [1.29, 1.82) is 5.41 Å². The van der Waals surface area contributed by atoms with Crippen LogP contribution in [-0.2, 0) is 0 Å². The minimum absolute atomic E-state index is 0.103. The Hall–Kier alpha value is -3.50. The van der Waals surface area contributed by atoms with Gasteiger partial charge in [-0.2, -0.15) is 0 Å². The van der Waals surface area contributed by atoms with E-state index in [1.165, 1.54) is 11.2 Å². The molecule has 0 saturated carbocycles. The average Bonchev–Trinajstić information content (AvgIpc) is 2.73. The number of hydrogen-bond donors (Lipinski definition) is 7. The molecule has 30 heavy (non-hydrogen) atoms. The van der Waals surface area contributed by atoms with Crippen molar-refractivity contribution in [3.05, 3.63) is 53.0 Å². The number of nitrogen functional groups attached to an aromatic ring is 1. The molecular weight excluding hydrogens is 382 g/mol. The first kappa shape index (κ1) is 21.2. The van der Waals surface area contributed by atoms with E-state index in [2.05, 4.69) is 15.6 Å². The summed E-state index contributed by atoms with van der Waals surface area (Å²) < 4.78 is 5.93. The lowest BCUT2D eigenvalue weighted by molar-refractivity contribution is 0.243. The van der Waals surface area contributed by atoms with Crippen LogP contribution in [0, 0.1) is 5.41 Å². The zero-order valence-electron chi connectivity index (χ0n) is 17.1. The van der Waals surface area contributed by atoms with Gasteiger partial charge in [0.1, 0.15) is 29.8 Å². The van der Waals surface area contributed by atoms with Crippen molar-refractivity contribution in [3.63, 3.8) is 0 Å². The summed E-state index contributed by atoms with van der Waals surface area (Å²) in [4.78, 5) is 4.28. The van der Waals surface area contributed by atoms with E-state index in [9.17, 15) is 0 Å². The van der Waals surface area contributed by atoms with Crippen molar-refractivity contribution in [3.8, 4) is 5.75 Å². The molecule has 1 aromatic carbocycles. The van der Waals surface area contributed by atoms with Gasteiger partial charge in [-0.25, -0.2) is 10.8 Å². The quantitative estimate of drug-likeness (QED) is 0.144. The second kappa shape index (κ2) is 8.89. The molecule has 0 saturated heterocycles. The van der Waals surface area contributed by atoms with E-state index >= 15 is 0 Å². The van der Waals surface area contributed by atoms with Crippen LogP contribution in [-0.4, -0.2) is 37.4 Å². The monoisotopic (exact) mass is 411 g/mol. The molecule has 2 heterocycles. The maximum atomic E-state index is 7.64. The fourth-order valence-corrected chi connectivity index (χ4v) is 3.28. The molecule has 0 spiro atoms. The van der Waals surface area contributed by atoms with Crippen LogP contribution in [0.2, 0.25) is 0 Å². The fraction of sp³-hybridized carbons (Fsp3) is 0.300. The summed E-state index contributed by atoms with van der Waals surface area (Å²) in [5, 5.41) is 15.4. The molecule has 3 rings (SSSR count). The van der Waals surface area contributed by atoms with Gasteiger partial charge in [0.2, 0.25) is 0 Å². The molecule has 0 fully saturated rings. The van der Waals surface area contributed by atoms with Gasteiger partial charge in [0, 0.05) is 30.1 Å². The third kappa shape index (κ3) is 4.24. The minimum atomic E-state index is -0.523. The molecule has 11 N–H and O–H groups in total. The normalized spacial score (nSPS) is 17.0. The summed E-state index contributed by atoms with van der Waals surface area (Å²) in [7, 11) is 0. The second-order valence-corrected chi connectivity index (χ2v) is 7.23. The smallest absolute Gasteiger partial charge is 0.146 e. The number of allylic oxidation sites excluding steroid dienone is 2. The molecular formula is C20H29N9O. The maximum absolute atomic E-state index is 7.64. The van der Waals surface area contributed by atoms with Crippen LogP contribution in [0.4, 0.5) is 11.4 Å². The number of ether oxygens (including phenoxy) is 1. The maximum Gasteiger partial charge on any atom is 0.146 e. The second-order valence-electron chi connectivity index (χ2n) is 7.23. The van der Waals surface area contributed by atoms with Crippen LogP contribution in [0.15, 0.2) is 52.4 Å². The van der Waals surface area contributed by atoms with Crippen molar-refractivity contribution in [2.45, 2.75) is 26.0 Å². The van der Waals surface area contributed by atoms with Crippen LogP contribution in [0.5, 0.6) is 5.75 Å². The van der Waals surface area contributed by atoms with E-state index in [0.717, 1.165) is 5.57 Å². The van der Waals surface area contributed by atoms with E-state index in [0.29, 0.717) is 46.5 Å². The van der Waals surface area contributed by atoms with Gasteiger partial charge in [0.25, 0.3) is 0 Å². The fourth-order valence-electron chi connectivity index (χ4n) is 3.28. The molecule has 160 valence electrons. The predicted octanol–water partition coefficient (Wildman–Crippen LogP) is 0.234. The van der Waals surface area contributed by atoms with Crippen molar-refractivity contribution in [2.24, 2.45) is 22.3 Å². The molecule has 10 nitrogen and oxygen atoms in total. The number of anilines is 2. The Morgan fingerprint density at radius 2 is 2.07 bits per heavy atom. The number of hydrazine groups is 1. The lowest BCUT2D eigenvalue weighted by atomic mass is 9.96. The first-order chi connectivity index (χ1) is 14.3. The summed E-state index contributed by atoms with van der Waals surface area (Å²) in [6.07, 6.45) is 6.74. The highest BCUT2D eigenvalue weighted by molar-refractivity contribution is 6.00. The number of benzene rings is 1. The molecule has 10 heteroatoms. The topological polar surface area (TPSA) is 177 Å². The summed E-state index contributed by atoms with van der Waals surface area (Å²) in [5.74, 6) is 7.86. The van der Waals surface area contributed by atoms with Crippen LogP contribution < -0.4 is 43.4 Å². The molecule has 2 aliphatic rings. The van der Waals surface area contributed by atoms with E-state index < -0.39 is 6.04 Å². The first-order valence-corrected chi connectivity index (χ1v) is 9.61. The minimum Gasteiger partial charge on any atom is -0.489 e.